The van der Waals surface area contributed by atoms with Gasteiger partial charge in [-0.05, 0) is 26.7 Å². The molecule has 0 N–H and O–H groups in total. The predicted molar refractivity (Wildman–Crippen MR) is 101 cm³/mol. The molecule has 1 fully saturated rings. The van der Waals surface area contributed by atoms with Crippen molar-refractivity contribution in [1.82, 2.24) is 23.1 Å². The van der Waals surface area contributed by atoms with E-state index in [1.165, 1.54) is 11.6 Å². The van der Waals surface area contributed by atoms with Crippen molar-refractivity contribution in [1.29, 1.82) is 0 Å². The molecule has 1 aliphatic rings. The number of aryl methyl sites for hydroxylation is 2. The fraction of sp³-hybridized carbons (Fsp3) is 0.556. The fourth-order valence-corrected chi connectivity index (χ4v) is 3.75. The average Bonchev–Trinajstić information content (AvgIpc) is 3.35. The van der Waals surface area contributed by atoms with Gasteiger partial charge in [0.15, 0.2) is 11.2 Å². The van der Waals surface area contributed by atoms with Crippen LogP contribution in [-0.2, 0) is 34.4 Å². The number of hydrogen-bond donors (Lipinski definition) is 0. The number of aromatic nitrogens is 5. The van der Waals surface area contributed by atoms with E-state index in [9.17, 15) is 14.4 Å². The molecule has 1 saturated heterocycles. The fourth-order valence-electron chi connectivity index (χ4n) is 3.75. The third-order valence-corrected chi connectivity index (χ3v) is 5.14. The molecule has 0 aromatic carbocycles. The minimum absolute atomic E-state index is 0.110. The predicted octanol–water partition coefficient (Wildman–Crippen LogP) is 0.200. The zero-order valence-corrected chi connectivity index (χ0v) is 16.2. The molecule has 0 spiro atoms. The van der Waals surface area contributed by atoms with Gasteiger partial charge in [-0.2, -0.15) is 4.98 Å². The maximum Gasteiger partial charge on any atom is 0.333 e. The van der Waals surface area contributed by atoms with Crippen molar-refractivity contribution >= 4 is 22.9 Å². The first kappa shape index (κ1) is 18.5. The Morgan fingerprint density at radius 3 is 2.82 bits per heavy atom. The molecule has 0 aliphatic carbocycles. The molecule has 0 unspecified atom stereocenters. The number of fused-ring (bicyclic) bond motifs is 3. The molecular formula is C18H23N5O5. The van der Waals surface area contributed by atoms with Crippen molar-refractivity contribution in [2.24, 2.45) is 7.05 Å². The summed E-state index contributed by atoms with van der Waals surface area (Å²) in [4.78, 5) is 42.0. The van der Waals surface area contributed by atoms with Crippen LogP contribution in [-0.4, -0.2) is 48.4 Å². The highest BCUT2D eigenvalue weighted by atomic mass is 16.5. The first-order chi connectivity index (χ1) is 13.4. The summed E-state index contributed by atoms with van der Waals surface area (Å²) in [6.45, 7) is 4.74. The molecule has 4 heterocycles. The highest BCUT2D eigenvalue weighted by Gasteiger charge is 2.23. The summed E-state index contributed by atoms with van der Waals surface area (Å²) in [5, 5.41) is 0. The van der Waals surface area contributed by atoms with Gasteiger partial charge >= 0.3 is 11.7 Å². The zero-order chi connectivity index (χ0) is 20.0. The smallest absolute Gasteiger partial charge is 0.333 e. The van der Waals surface area contributed by atoms with Crippen LogP contribution in [0.2, 0.25) is 0 Å². The quantitative estimate of drug-likeness (QED) is 0.578. The minimum atomic E-state index is -0.631. The Bertz CT molecular complexity index is 1180. The molecule has 0 amide bonds. The van der Waals surface area contributed by atoms with Gasteiger partial charge in [-0.25, -0.2) is 9.36 Å². The Morgan fingerprint density at radius 2 is 2.14 bits per heavy atom. The lowest BCUT2D eigenvalue weighted by Gasteiger charge is -2.11. The monoisotopic (exact) mass is 389 g/mol. The second-order valence-electron chi connectivity index (χ2n) is 7.01. The van der Waals surface area contributed by atoms with Crippen molar-refractivity contribution in [2.45, 2.75) is 45.9 Å². The Hall–Kier alpha value is -2.88. The highest BCUT2D eigenvalue weighted by molar-refractivity contribution is 5.76. The lowest BCUT2D eigenvalue weighted by molar-refractivity contribution is -0.143. The molecule has 1 aliphatic heterocycles. The second-order valence-corrected chi connectivity index (χ2v) is 7.01. The van der Waals surface area contributed by atoms with Crippen molar-refractivity contribution in [3.8, 4) is 0 Å². The Kier molecular flexibility index (Phi) is 4.58. The van der Waals surface area contributed by atoms with Gasteiger partial charge in [0.05, 0.1) is 19.3 Å². The number of hydrogen-bond acceptors (Lipinski definition) is 6. The molecule has 1 atom stereocenters. The third-order valence-electron chi connectivity index (χ3n) is 5.14. The van der Waals surface area contributed by atoms with Crippen LogP contribution >= 0.6 is 0 Å². The lowest BCUT2D eigenvalue weighted by atomic mass is 10.2. The van der Waals surface area contributed by atoms with Crippen LogP contribution in [0.4, 0.5) is 0 Å². The summed E-state index contributed by atoms with van der Waals surface area (Å²) in [5.41, 5.74) is 0.313. The maximum atomic E-state index is 13.0. The van der Waals surface area contributed by atoms with Gasteiger partial charge in [0, 0.05) is 25.5 Å². The zero-order valence-electron chi connectivity index (χ0n) is 16.2. The highest BCUT2D eigenvalue weighted by Crippen LogP contribution is 2.20. The maximum absolute atomic E-state index is 13.0. The van der Waals surface area contributed by atoms with E-state index in [-0.39, 0.29) is 23.9 Å². The molecule has 3 aromatic rings. The van der Waals surface area contributed by atoms with Gasteiger partial charge in [-0.1, -0.05) is 0 Å². The topological polar surface area (TPSA) is 102 Å². The number of carbonyl (C=O) groups excluding carboxylic acids is 1. The van der Waals surface area contributed by atoms with Gasteiger partial charge in [0.2, 0.25) is 5.78 Å². The normalized spacial score (nSPS) is 17.0. The molecular weight excluding hydrogens is 366 g/mol. The van der Waals surface area contributed by atoms with Crippen LogP contribution in [0.5, 0.6) is 0 Å². The Morgan fingerprint density at radius 1 is 1.36 bits per heavy atom. The van der Waals surface area contributed by atoms with E-state index in [0.29, 0.717) is 12.3 Å². The summed E-state index contributed by atoms with van der Waals surface area (Å²) in [5.74, 6) is -0.0575. The first-order valence-corrected chi connectivity index (χ1v) is 9.37. The number of imidazole rings is 2. The summed E-state index contributed by atoms with van der Waals surface area (Å²) in [7, 11) is 1.54. The van der Waals surface area contributed by atoms with Crippen molar-refractivity contribution in [2.75, 3.05) is 13.2 Å². The lowest BCUT2D eigenvalue weighted by Crippen LogP contribution is -2.41. The van der Waals surface area contributed by atoms with Crippen LogP contribution < -0.4 is 11.2 Å². The van der Waals surface area contributed by atoms with E-state index in [0.717, 1.165) is 29.7 Å². The van der Waals surface area contributed by atoms with E-state index >= 15 is 0 Å². The molecule has 10 nitrogen and oxygen atoms in total. The second kappa shape index (κ2) is 6.93. The van der Waals surface area contributed by atoms with E-state index in [1.807, 2.05) is 17.7 Å². The van der Waals surface area contributed by atoms with Gasteiger partial charge in [-0.3, -0.25) is 18.6 Å². The van der Waals surface area contributed by atoms with Crippen LogP contribution in [0.25, 0.3) is 16.9 Å². The summed E-state index contributed by atoms with van der Waals surface area (Å²) < 4.78 is 16.5. The average molecular weight is 389 g/mol. The summed E-state index contributed by atoms with van der Waals surface area (Å²) >= 11 is 0. The van der Waals surface area contributed by atoms with Crippen molar-refractivity contribution < 1.29 is 14.3 Å². The molecule has 3 aromatic heterocycles. The number of carbonyl (C=O) groups is 1. The Labute approximate surface area is 159 Å². The third kappa shape index (κ3) is 2.84. The molecule has 4 rings (SSSR count). The van der Waals surface area contributed by atoms with Crippen LogP contribution in [0.1, 0.15) is 25.5 Å². The SMILES string of the molecule is CCOC(=O)Cn1c(=O)c2c(nc3n(C[C@H]4CCCO4)c(C)cn23)n(C)c1=O. The van der Waals surface area contributed by atoms with Gasteiger partial charge in [0.1, 0.15) is 6.54 Å². The molecule has 28 heavy (non-hydrogen) atoms. The van der Waals surface area contributed by atoms with Gasteiger partial charge in [0.25, 0.3) is 5.56 Å². The number of nitrogens with zero attached hydrogens (tertiary/aromatic N) is 5. The number of ether oxygens (including phenoxy) is 2. The first-order valence-electron chi connectivity index (χ1n) is 9.37. The van der Waals surface area contributed by atoms with E-state index in [1.54, 1.807) is 11.3 Å². The summed E-state index contributed by atoms with van der Waals surface area (Å²) in [6.07, 6.45) is 3.94. The molecule has 0 saturated carbocycles. The van der Waals surface area contributed by atoms with E-state index in [2.05, 4.69) is 4.98 Å². The van der Waals surface area contributed by atoms with Crippen molar-refractivity contribution in [3.05, 3.63) is 32.7 Å². The van der Waals surface area contributed by atoms with Crippen LogP contribution in [0, 0.1) is 6.92 Å². The standard InChI is InChI=1S/C18H23N5O5/c1-4-27-13(24)10-23-16(25)14-15(20(3)18(23)26)19-17-21(11(2)8-22(14)17)9-12-6-5-7-28-12/h8,12H,4-7,9-10H2,1-3H3/t12-/m1/s1. The molecule has 150 valence electrons. The van der Waals surface area contributed by atoms with E-state index in [4.69, 9.17) is 9.47 Å². The van der Waals surface area contributed by atoms with Crippen LogP contribution in [0.3, 0.4) is 0 Å². The van der Waals surface area contributed by atoms with Crippen LogP contribution in [0.15, 0.2) is 15.8 Å². The van der Waals surface area contributed by atoms with Gasteiger partial charge in [-0.15, -0.1) is 0 Å². The summed E-state index contributed by atoms with van der Waals surface area (Å²) in [6, 6.07) is 0. The molecule has 10 heteroatoms. The number of rotatable bonds is 5. The molecule has 0 bridgehead atoms. The van der Waals surface area contributed by atoms with Crippen molar-refractivity contribution in [3.63, 3.8) is 0 Å². The Balaban J connectivity index is 1.90. The number of esters is 1. The van der Waals surface area contributed by atoms with E-state index < -0.39 is 23.8 Å². The molecule has 0 radical (unpaired) electrons. The largest absolute Gasteiger partial charge is 0.465 e. The minimum Gasteiger partial charge on any atom is -0.465 e. The van der Waals surface area contributed by atoms with Gasteiger partial charge < -0.3 is 14.0 Å².